The lowest BCUT2D eigenvalue weighted by Crippen LogP contribution is -2.02. The minimum atomic E-state index is 0.612. The minimum absolute atomic E-state index is 0.612. The fourth-order valence-corrected chi connectivity index (χ4v) is 8.71. The lowest BCUT2D eigenvalue weighted by atomic mass is 9.88. The van der Waals surface area contributed by atoms with Gasteiger partial charge in [0.15, 0.2) is 17.5 Å². The number of hydrogen-bond donors (Lipinski definition) is 0. The molecule has 0 aliphatic rings. The average Bonchev–Trinajstić information content (AvgIpc) is 3.69. The normalized spacial score (nSPS) is 11.3. The van der Waals surface area contributed by atoms with Crippen LogP contribution < -0.4 is 0 Å². The van der Waals surface area contributed by atoms with Gasteiger partial charge in [-0.05, 0) is 74.8 Å². The lowest BCUT2D eigenvalue weighted by Gasteiger charge is -2.17. The van der Waals surface area contributed by atoms with Crippen LogP contribution in [0.4, 0.5) is 0 Å². The van der Waals surface area contributed by atoms with Crippen molar-refractivity contribution in [3.63, 3.8) is 0 Å². The van der Waals surface area contributed by atoms with Gasteiger partial charge in [0.1, 0.15) is 0 Å². The summed E-state index contributed by atoms with van der Waals surface area (Å²) in [4.78, 5) is 15.7. The molecule has 4 nitrogen and oxygen atoms in total. The van der Waals surface area contributed by atoms with E-state index in [4.69, 9.17) is 15.0 Å². The minimum Gasteiger partial charge on any atom is -0.309 e. The summed E-state index contributed by atoms with van der Waals surface area (Å²) in [6, 6.07) is 81.1. The second kappa shape index (κ2) is 15.5. The van der Waals surface area contributed by atoms with Gasteiger partial charge < -0.3 is 4.57 Å². The van der Waals surface area contributed by atoms with Crippen molar-refractivity contribution in [2.24, 2.45) is 0 Å². The number of para-hydroxylation sites is 2. The highest BCUT2D eigenvalue weighted by Crippen LogP contribution is 2.45. The second-order valence-corrected chi connectivity index (χ2v) is 15.1. The van der Waals surface area contributed by atoms with Gasteiger partial charge in [0.25, 0.3) is 0 Å². The van der Waals surface area contributed by atoms with Gasteiger partial charge in [0.05, 0.1) is 11.0 Å². The van der Waals surface area contributed by atoms with E-state index in [0.717, 1.165) is 77.9 Å². The van der Waals surface area contributed by atoms with Crippen LogP contribution in [-0.4, -0.2) is 19.5 Å². The molecule has 0 unspecified atom stereocenters. The molecule has 0 fully saturated rings. The zero-order valence-electron chi connectivity index (χ0n) is 33.2. The van der Waals surface area contributed by atoms with E-state index in [-0.39, 0.29) is 0 Å². The summed E-state index contributed by atoms with van der Waals surface area (Å²) in [5.41, 5.74) is 15.1. The molecule has 0 spiro atoms. The highest BCUT2D eigenvalue weighted by atomic mass is 15.0. The first-order valence-electron chi connectivity index (χ1n) is 20.6. The Bertz CT molecular complexity index is 3340. The maximum absolute atomic E-state index is 5.33. The highest BCUT2D eigenvalue weighted by Gasteiger charge is 2.22. The molecular formula is C57H38N4. The maximum atomic E-state index is 5.33. The Kier molecular flexibility index (Phi) is 9.14. The van der Waals surface area contributed by atoms with Crippen LogP contribution in [0.3, 0.4) is 0 Å². The van der Waals surface area contributed by atoms with Gasteiger partial charge >= 0.3 is 0 Å². The van der Waals surface area contributed by atoms with Crippen molar-refractivity contribution in [1.29, 1.82) is 0 Å². The van der Waals surface area contributed by atoms with Gasteiger partial charge in [0.2, 0.25) is 0 Å². The Balaban J connectivity index is 1.17. The first-order chi connectivity index (χ1) is 30.3. The maximum Gasteiger partial charge on any atom is 0.164 e. The summed E-state index contributed by atoms with van der Waals surface area (Å²) in [7, 11) is 0. The number of nitrogens with zero attached hydrogens (tertiary/aromatic N) is 4. The third-order valence-corrected chi connectivity index (χ3v) is 11.5. The van der Waals surface area contributed by atoms with Crippen LogP contribution in [0.5, 0.6) is 0 Å². The molecule has 0 amide bonds. The van der Waals surface area contributed by atoms with Gasteiger partial charge in [0, 0.05) is 33.2 Å². The average molecular weight is 779 g/mol. The van der Waals surface area contributed by atoms with Gasteiger partial charge in [-0.3, -0.25) is 0 Å². The molecule has 0 atom stereocenters. The first kappa shape index (κ1) is 35.9. The van der Waals surface area contributed by atoms with E-state index in [1.807, 2.05) is 24.3 Å². The Morgan fingerprint density at radius 1 is 0.262 bits per heavy atom. The number of benzene rings is 9. The molecule has 2 heterocycles. The fraction of sp³-hybridized carbons (Fsp3) is 0. The van der Waals surface area contributed by atoms with Crippen LogP contribution in [0.1, 0.15) is 0 Å². The SMILES string of the molecule is c1ccc(-c2cc(-c3ccccc3-c3ccccc3-c3nc(-c4ccccc4)nc(-c4ccccc4-c4ccccc4)n3)c3c4ccccc4n(-c4ccccc4)c3c2)cc1. The molecular weight excluding hydrogens is 741 g/mol. The molecule has 0 saturated carbocycles. The van der Waals surface area contributed by atoms with Crippen LogP contribution in [0.25, 0.3) is 106 Å². The Morgan fingerprint density at radius 2 is 0.689 bits per heavy atom. The Morgan fingerprint density at radius 3 is 1.31 bits per heavy atom. The van der Waals surface area contributed by atoms with Crippen LogP contribution in [0, 0.1) is 0 Å². The van der Waals surface area contributed by atoms with Crippen molar-refractivity contribution in [2.45, 2.75) is 0 Å². The molecule has 0 saturated heterocycles. The van der Waals surface area contributed by atoms with Crippen LogP contribution in [0.2, 0.25) is 0 Å². The molecule has 0 N–H and O–H groups in total. The summed E-state index contributed by atoms with van der Waals surface area (Å²) < 4.78 is 2.40. The zero-order valence-corrected chi connectivity index (χ0v) is 33.2. The Labute approximate surface area is 354 Å². The quantitative estimate of drug-likeness (QED) is 0.154. The number of aromatic nitrogens is 4. The van der Waals surface area contributed by atoms with Crippen molar-refractivity contribution < 1.29 is 0 Å². The van der Waals surface area contributed by atoms with Crippen molar-refractivity contribution in [3.05, 3.63) is 231 Å². The van der Waals surface area contributed by atoms with Crippen LogP contribution in [0.15, 0.2) is 231 Å². The standard InChI is InChI=1S/C57H38N4/c1-5-21-39(22-6-1)42-37-51(54-50-35-19-20-36-52(50)61(53(54)38-42)43-27-11-4-12-28-43)47-32-15-14-30-45(47)46-31-16-18-34-49(46)57-59-55(41-25-9-3-10-26-41)58-56(60-57)48-33-17-13-29-44(48)40-23-7-2-8-24-40/h1-38H. The van der Waals surface area contributed by atoms with E-state index >= 15 is 0 Å². The predicted octanol–water partition coefficient (Wildman–Crippen LogP) is 14.6. The highest BCUT2D eigenvalue weighted by molar-refractivity contribution is 6.18. The molecule has 0 aliphatic carbocycles. The van der Waals surface area contributed by atoms with E-state index in [9.17, 15) is 0 Å². The molecule has 0 bridgehead atoms. The van der Waals surface area contributed by atoms with Crippen molar-refractivity contribution in [1.82, 2.24) is 19.5 Å². The fourth-order valence-electron chi connectivity index (χ4n) is 8.71. The van der Waals surface area contributed by atoms with Crippen molar-refractivity contribution in [2.75, 3.05) is 0 Å². The first-order valence-corrected chi connectivity index (χ1v) is 20.6. The lowest BCUT2D eigenvalue weighted by molar-refractivity contribution is 1.07. The molecule has 11 rings (SSSR count). The van der Waals surface area contributed by atoms with E-state index in [0.29, 0.717) is 17.5 Å². The van der Waals surface area contributed by atoms with Gasteiger partial charge in [-0.1, -0.05) is 200 Å². The van der Waals surface area contributed by atoms with E-state index < -0.39 is 0 Å². The Hall–Kier alpha value is -8.21. The van der Waals surface area contributed by atoms with Crippen molar-refractivity contribution in [3.8, 4) is 84.4 Å². The smallest absolute Gasteiger partial charge is 0.164 e. The summed E-state index contributed by atoms with van der Waals surface area (Å²) in [6.07, 6.45) is 0. The largest absolute Gasteiger partial charge is 0.309 e. The van der Waals surface area contributed by atoms with Crippen LogP contribution in [-0.2, 0) is 0 Å². The van der Waals surface area contributed by atoms with Gasteiger partial charge in [-0.2, -0.15) is 0 Å². The third-order valence-electron chi connectivity index (χ3n) is 11.5. The summed E-state index contributed by atoms with van der Waals surface area (Å²) in [6.45, 7) is 0. The van der Waals surface area contributed by atoms with E-state index in [2.05, 4.69) is 211 Å². The second-order valence-electron chi connectivity index (χ2n) is 15.1. The molecule has 4 heteroatoms. The predicted molar refractivity (Wildman–Crippen MR) is 252 cm³/mol. The summed E-state index contributed by atoms with van der Waals surface area (Å²) in [5.74, 6) is 1.86. The molecule has 61 heavy (non-hydrogen) atoms. The summed E-state index contributed by atoms with van der Waals surface area (Å²) in [5, 5.41) is 2.40. The monoisotopic (exact) mass is 778 g/mol. The molecule has 286 valence electrons. The zero-order chi connectivity index (χ0) is 40.5. The molecule has 9 aromatic carbocycles. The molecule has 11 aromatic rings. The molecule has 0 radical (unpaired) electrons. The van der Waals surface area contributed by atoms with Crippen LogP contribution >= 0.6 is 0 Å². The number of hydrogen-bond acceptors (Lipinski definition) is 3. The molecule has 2 aromatic heterocycles. The van der Waals surface area contributed by atoms with E-state index in [1.165, 1.54) is 10.8 Å². The summed E-state index contributed by atoms with van der Waals surface area (Å²) >= 11 is 0. The van der Waals surface area contributed by atoms with Gasteiger partial charge in [-0.15, -0.1) is 0 Å². The number of rotatable bonds is 8. The van der Waals surface area contributed by atoms with Gasteiger partial charge in [-0.25, -0.2) is 15.0 Å². The van der Waals surface area contributed by atoms with Crippen molar-refractivity contribution >= 4 is 21.8 Å². The third kappa shape index (κ3) is 6.57. The molecule has 0 aliphatic heterocycles. The van der Waals surface area contributed by atoms with E-state index in [1.54, 1.807) is 0 Å². The number of fused-ring (bicyclic) bond motifs is 3. The topological polar surface area (TPSA) is 43.6 Å².